The van der Waals surface area contributed by atoms with E-state index >= 15 is 0 Å². The molecule has 0 radical (unpaired) electrons. The number of carbonyl (C=O) groups is 1. The van der Waals surface area contributed by atoms with Crippen LogP contribution in [-0.4, -0.2) is 93.4 Å². The first-order chi connectivity index (χ1) is 21.8. The Morgan fingerprint density at radius 2 is 1.62 bits per heavy atom. The van der Waals surface area contributed by atoms with Crippen LogP contribution in [0.1, 0.15) is 107 Å². The van der Waals surface area contributed by atoms with Crippen LogP contribution in [0.15, 0.2) is 0 Å². The summed E-state index contributed by atoms with van der Waals surface area (Å²) in [6.45, 7) is 16.5. The second-order valence-electron chi connectivity index (χ2n) is 18.9. The summed E-state index contributed by atoms with van der Waals surface area (Å²) in [6.07, 6.45) is 1.92. The SMILES string of the molecule is CC(=O)O[C@H]1[C@H](O[C@H]2CC[C@]34C[C@]35CC[C@]3(C)[C@H]6[C@H](C)C[C@@H]7O[C@@]6(O[C@H]7C(C)(C)O)[C@H](O)[C@@]3(C)[C@@H]5CC[C@H]4C2(C)C)OC[C@@H](O)[C@@H]1O. The third-order valence-electron chi connectivity index (χ3n) is 16.2. The normalized spacial score (nSPS) is 58.8. The molecular formula is C37H58O10. The summed E-state index contributed by atoms with van der Waals surface area (Å²) in [5.74, 6) is -0.546. The molecule has 2 bridgehead atoms. The van der Waals surface area contributed by atoms with Crippen molar-refractivity contribution < 1.29 is 48.9 Å². The van der Waals surface area contributed by atoms with E-state index in [1.54, 1.807) is 13.8 Å². The zero-order valence-electron chi connectivity index (χ0n) is 29.5. The van der Waals surface area contributed by atoms with Crippen molar-refractivity contribution in [1.29, 1.82) is 0 Å². The van der Waals surface area contributed by atoms with Crippen LogP contribution in [-0.2, 0) is 28.5 Å². The van der Waals surface area contributed by atoms with Gasteiger partial charge >= 0.3 is 5.97 Å². The third kappa shape index (κ3) is 3.94. The second kappa shape index (κ2) is 9.93. The molecule has 17 atom stereocenters. The molecular weight excluding hydrogens is 604 g/mol. The number of hydrogen-bond donors (Lipinski definition) is 4. The zero-order chi connectivity index (χ0) is 33.9. The smallest absolute Gasteiger partial charge is 0.303 e. The number of fused-ring (bicyclic) bond motifs is 4. The lowest BCUT2D eigenvalue weighted by Gasteiger charge is -2.63. The highest BCUT2D eigenvalue weighted by atomic mass is 16.8. The molecule has 0 amide bonds. The first-order valence-electron chi connectivity index (χ1n) is 18.4. The molecule has 4 N–H and O–H groups in total. The van der Waals surface area contributed by atoms with Crippen molar-refractivity contribution in [3.05, 3.63) is 0 Å². The molecule has 8 aliphatic rings. The van der Waals surface area contributed by atoms with Gasteiger partial charge in [0.05, 0.1) is 24.4 Å². The van der Waals surface area contributed by atoms with Gasteiger partial charge in [-0.2, -0.15) is 0 Å². The van der Waals surface area contributed by atoms with Gasteiger partial charge in [0, 0.05) is 18.3 Å². The van der Waals surface area contributed by atoms with Crippen molar-refractivity contribution in [2.24, 2.45) is 50.7 Å². The molecule has 47 heavy (non-hydrogen) atoms. The number of esters is 1. The van der Waals surface area contributed by atoms with E-state index < -0.39 is 59.6 Å². The summed E-state index contributed by atoms with van der Waals surface area (Å²) in [5.41, 5.74) is -1.54. The van der Waals surface area contributed by atoms with E-state index in [1.807, 2.05) is 0 Å². The fourth-order valence-corrected chi connectivity index (χ4v) is 14.3. The Labute approximate surface area is 279 Å². The molecule has 10 heteroatoms. The predicted molar refractivity (Wildman–Crippen MR) is 168 cm³/mol. The van der Waals surface area contributed by atoms with Gasteiger partial charge < -0.3 is 44.1 Å². The monoisotopic (exact) mass is 662 g/mol. The molecule has 5 aliphatic carbocycles. The maximum atomic E-state index is 12.7. The van der Waals surface area contributed by atoms with Crippen molar-refractivity contribution in [1.82, 2.24) is 0 Å². The summed E-state index contributed by atoms with van der Waals surface area (Å²) in [7, 11) is 0. The first kappa shape index (κ1) is 33.3. The predicted octanol–water partition coefficient (Wildman–Crippen LogP) is 3.69. The minimum atomic E-state index is -1.28. The van der Waals surface area contributed by atoms with Crippen LogP contribution in [0, 0.1) is 50.7 Å². The molecule has 10 nitrogen and oxygen atoms in total. The van der Waals surface area contributed by atoms with E-state index in [4.69, 9.17) is 23.7 Å². The van der Waals surface area contributed by atoms with Crippen LogP contribution in [0.3, 0.4) is 0 Å². The van der Waals surface area contributed by atoms with Crippen LogP contribution >= 0.6 is 0 Å². The van der Waals surface area contributed by atoms with Gasteiger partial charge in [0.15, 0.2) is 18.2 Å². The van der Waals surface area contributed by atoms with E-state index in [-0.39, 0.29) is 46.4 Å². The average molecular weight is 663 g/mol. The van der Waals surface area contributed by atoms with E-state index in [2.05, 4.69) is 34.6 Å². The standard InChI is InChI=1S/C37H58O10/c1-18-15-21-28(32(5,6)42)47-37(46-21)27(18)33(7)13-14-36-17-35(36)12-11-24(45-29-26(44-19(2)38)25(40)20(39)16-43-29)31(3,4)22(35)9-10-23(36)34(33,8)30(37)41/h18,20-30,39-42H,9-17H2,1-8H3/t18-,20-,21+,22+,23+,24+,25+,26-,27-,28-,29+,30-,33-,34-,35-,36+,37+/m1/s1. The van der Waals surface area contributed by atoms with Gasteiger partial charge in [0.2, 0.25) is 0 Å². The van der Waals surface area contributed by atoms with Crippen LogP contribution < -0.4 is 0 Å². The number of hydrogen-bond acceptors (Lipinski definition) is 10. The summed E-state index contributed by atoms with van der Waals surface area (Å²) in [6, 6.07) is 0. The van der Waals surface area contributed by atoms with Gasteiger partial charge in [0.1, 0.15) is 24.4 Å². The number of ether oxygens (including phenoxy) is 5. The first-order valence-corrected chi connectivity index (χ1v) is 18.4. The van der Waals surface area contributed by atoms with Gasteiger partial charge in [-0.15, -0.1) is 0 Å². The summed E-state index contributed by atoms with van der Waals surface area (Å²) in [5, 5.41) is 44.7. The molecule has 3 spiro atoms. The van der Waals surface area contributed by atoms with Crippen molar-refractivity contribution >= 4 is 5.97 Å². The lowest BCUT2D eigenvalue weighted by Crippen LogP contribution is -2.61. The highest BCUT2D eigenvalue weighted by Crippen LogP contribution is 2.90. The Hall–Kier alpha value is -0.850. The molecule has 0 aromatic rings. The largest absolute Gasteiger partial charge is 0.454 e. The summed E-state index contributed by atoms with van der Waals surface area (Å²) in [4.78, 5) is 11.9. The Balaban J connectivity index is 1.08. The molecule has 0 aromatic heterocycles. The van der Waals surface area contributed by atoms with Gasteiger partial charge in [0.25, 0.3) is 0 Å². The minimum absolute atomic E-state index is 0.0541. The Bertz CT molecular complexity index is 1310. The van der Waals surface area contributed by atoms with Crippen LogP contribution in [0.25, 0.3) is 0 Å². The zero-order valence-corrected chi connectivity index (χ0v) is 29.5. The summed E-state index contributed by atoms with van der Waals surface area (Å²) >= 11 is 0. The van der Waals surface area contributed by atoms with Gasteiger partial charge in [-0.25, -0.2) is 0 Å². The van der Waals surface area contributed by atoms with E-state index in [0.29, 0.717) is 17.8 Å². The molecule has 5 saturated carbocycles. The molecule has 0 aromatic carbocycles. The van der Waals surface area contributed by atoms with Crippen molar-refractivity contribution in [2.45, 2.75) is 167 Å². The van der Waals surface area contributed by atoms with Crippen LogP contribution in [0.2, 0.25) is 0 Å². The van der Waals surface area contributed by atoms with E-state index in [9.17, 15) is 25.2 Å². The molecule has 8 rings (SSSR count). The number of aliphatic hydroxyl groups excluding tert-OH is 3. The lowest BCUT2D eigenvalue weighted by molar-refractivity contribution is -0.305. The topological polar surface area (TPSA) is 144 Å². The maximum Gasteiger partial charge on any atom is 0.303 e. The van der Waals surface area contributed by atoms with E-state index in [0.717, 1.165) is 51.4 Å². The highest BCUT2D eigenvalue weighted by molar-refractivity contribution is 5.66. The Kier molecular flexibility index (Phi) is 7.03. The fraction of sp³-hybridized carbons (Fsp3) is 0.973. The van der Waals surface area contributed by atoms with Crippen molar-refractivity contribution in [3.63, 3.8) is 0 Å². The number of rotatable bonds is 4. The van der Waals surface area contributed by atoms with Crippen molar-refractivity contribution in [2.75, 3.05) is 6.61 Å². The Morgan fingerprint density at radius 1 is 0.936 bits per heavy atom. The van der Waals surface area contributed by atoms with Gasteiger partial charge in [-0.05, 0) is 105 Å². The van der Waals surface area contributed by atoms with Crippen LogP contribution in [0.4, 0.5) is 0 Å². The molecule has 3 heterocycles. The molecule has 0 unspecified atom stereocenters. The number of carbonyl (C=O) groups excluding carboxylic acids is 1. The molecule has 3 aliphatic heterocycles. The van der Waals surface area contributed by atoms with E-state index in [1.165, 1.54) is 6.92 Å². The summed E-state index contributed by atoms with van der Waals surface area (Å²) < 4.78 is 31.6. The van der Waals surface area contributed by atoms with Gasteiger partial charge in [-0.3, -0.25) is 4.79 Å². The second-order valence-corrected chi connectivity index (χ2v) is 18.9. The third-order valence-corrected chi connectivity index (χ3v) is 16.2. The Morgan fingerprint density at radius 3 is 2.30 bits per heavy atom. The lowest BCUT2D eigenvalue weighted by atomic mass is 9.41. The highest BCUT2D eigenvalue weighted by Gasteiger charge is 2.88. The van der Waals surface area contributed by atoms with Gasteiger partial charge in [-0.1, -0.05) is 34.6 Å². The number of aliphatic hydroxyl groups is 4. The average Bonchev–Trinajstić information content (AvgIpc) is 3.49. The molecule has 8 fully saturated rings. The maximum absolute atomic E-state index is 12.7. The molecule has 266 valence electrons. The minimum Gasteiger partial charge on any atom is -0.454 e. The van der Waals surface area contributed by atoms with Crippen LogP contribution in [0.5, 0.6) is 0 Å². The fourth-order valence-electron chi connectivity index (χ4n) is 14.3. The van der Waals surface area contributed by atoms with Crippen molar-refractivity contribution in [3.8, 4) is 0 Å². The quantitative estimate of drug-likeness (QED) is 0.260. The molecule has 3 saturated heterocycles.